The number of carbonyl (C=O) groups excluding carboxylic acids is 1. The molecule has 0 aliphatic carbocycles. The van der Waals surface area contributed by atoms with Crippen LogP contribution < -0.4 is 10.2 Å². The fourth-order valence-corrected chi connectivity index (χ4v) is 4.32. The first kappa shape index (κ1) is 18.5. The van der Waals surface area contributed by atoms with Crippen LogP contribution in [0, 0.1) is 23.3 Å². The highest BCUT2D eigenvalue weighted by molar-refractivity contribution is 7.17. The molecule has 2 heterocycles. The summed E-state index contributed by atoms with van der Waals surface area (Å²) in [5.74, 6) is -4.35. The molecule has 4 rings (SSSR count). The highest BCUT2D eigenvalue weighted by Crippen LogP contribution is 2.42. The fourth-order valence-electron chi connectivity index (χ4n) is 3.19. The summed E-state index contributed by atoms with van der Waals surface area (Å²) in [6.07, 6.45) is 0.557. The lowest BCUT2D eigenvalue weighted by molar-refractivity contribution is 0.102. The van der Waals surface area contributed by atoms with Crippen molar-refractivity contribution in [3.05, 3.63) is 70.1 Å². The topological polar surface area (TPSA) is 32.3 Å². The van der Waals surface area contributed by atoms with E-state index in [2.05, 4.69) is 5.32 Å². The Hall–Kier alpha value is -2.87. The number of thiophene rings is 1. The molecule has 0 unspecified atom stereocenters. The van der Waals surface area contributed by atoms with Gasteiger partial charge in [0.1, 0.15) is 17.3 Å². The molecular weight excluding hydrogens is 392 g/mol. The molecule has 28 heavy (non-hydrogen) atoms. The SMILES string of the molecule is CN1CCc2cc(C(=O)Nc3c(F)cccc3F)sc2-c2cc(F)c(F)cc21. The number of rotatable bonds is 2. The third-order valence-electron chi connectivity index (χ3n) is 4.65. The molecule has 2 aromatic carbocycles. The van der Waals surface area contributed by atoms with Crippen LogP contribution in [-0.4, -0.2) is 19.5 Å². The largest absolute Gasteiger partial charge is 0.374 e. The second-order valence-corrected chi connectivity index (χ2v) is 7.52. The van der Waals surface area contributed by atoms with Gasteiger partial charge in [-0.2, -0.15) is 0 Å². The number of hydrogen-bond acceptors (Lipinski definition) is 3. The highest BCUT2D eigenvalue weighted by Gasteiger charge is 2.25. The number of amides is 1. The fraction of sp³-hybridized carbons (Fsp3) is 0.150. The van der Waals surface area contributed by atoms with E-state index in [0.717, 1.165) is 41.2 Å². The summed E-state index contributed by atoms with van der Waals surface area (Å²) >= 11 is 1.07. The summed E-state index contributed by atoms with van der Waals surface area (Å²) in [7, 11) is 1.78. The molecule has 1 aliphatic heterocycles. The molecule has 0 fully saturated rings. The second-order valence-electron chi connectivity index (χ2n) is 6.47. The lowest BCUT2D eigenvalue weighted by Gasteiger charge is -2.19. The molecular formula is C20H14F4N2OS. The van der Waals surface area contributed by atoms with E-state index >= 15 is 0 Å². The Morgan fingerprint density at radius 1 is 1.04 bits per heavy atom. The molecule has 1 aromatic heterocycles. The molecule has 1 N–H and O–H groups in total. The van der Waals surface area contributed by atoms with Gasteiger partial charge in [0.05, 0.1) is 4.88 Å². The van der Waals surface area contributed by atoms with Crippen LogP contribution in [0.1, 0.15) is 15.2 Å². The third-order valence-corrected chi connectivity index (χ3v) is 5.85. The van der Waals surface area contributed by atoms with Crippen LogP contribution in [0.4, 0.5) is 28.9 Å². The molecule has 1 aliphatic rings. The zero-order valence-electron chi connectivity index (χ0n) is 14.7. The zero-order chi connectivity index (χ0) is 20.0. The number of anilines is 2. The summed E-state index contributed by atoms with van der Waals surface area (Å²) in [5.41, 5.74) is 1.27. The smallest absolute Gasteiger partial charge is 0.265 e. The lowest BCUT2D eigenvalue weighted by atomic mass is 10.1. The first-order chi connectivity index (χ1) is 13.3. The van der Waals surface area contributed by atoms with E-state index in [0.29, 0.717) is 29.1 Å². The Labute approximate surface area is 162 Å². The molecule has 3 aromatic rings. The molecule has 3 nitrogen and oxygen atoms in total. The van der Waals surface area contributed by atoms with Crippen molar-refractivity contribution < 1.29 is 22.4 Å². The molecule has 144 valence electrons. The van der Waals surface area contributed by atoms with Crippen molar-refractivity contribution in [1.29, 1.82) is 0 Å². The molecule has 0 spiro atoms. The Morgan fingerprint density at radius 3 is 2.43 bits per heavy atom. The quantitative estimate of drug-likeness (QED) is 0.592. The molecule has 1 amide bonds. The number of halogens is 4. The van der Waals surface area contributed by atoms with E-state index in [9.17, 15) is 22.4 Å². The van der Waals surface area contributed by atoms with E-state index in [4.69, 9.17) is 0 Å². The van der Waals surface area contributed by atoms with E-state index in [1.807, 2.05) is 4.90 Å². The summed E-state index contributed by atoms with van der Waals surface area (Å²) in [6.45, 7) is 0.546. The lowest BCUT2D eigenvalue weighted by Crippen LogP contribution is -2.19. The summed E-state index contributed by atoms with van der Waals surface area (Å²) in [4.78, 5) is 15.2. The number of para-hydroxylation sites is 1. The Morgan fingerprint density at radius 2 is 1.71 bits per heavy atom. The van der Waals surface area contributed by atoms with Gasteiger partial charge < -0.3 is 10.2 Å². The van der Waals surface area contributed by atoms with Crippen LogP contribution in [-0.2, 0) is 6.42 Å². The van der Waals surface area contributed by atoms with Gasteiger partial charge in [0.2, 0.25) is 0 Å². The maximum atomic E-state index is 13.9. The van der Waals surface area contributed by atoms with Crippen LogP contribution in [0.3, 0.4) is 0 Å². The van der Waals surface area contributed by atoms with E-state index in [1.54, 1.807) is 13.1 Å². The van der Waals surface area contributed by atoms with Crippen molar-refractivity contribution in [3.8, 4) is 10.4 Å². The number of nitrogens with one attached hydrogen (secondary N) is 1. The van der Waals surface area contributed by atoms with Crippen LogP contribution in [0.2, 0.25) is 0 Å². The summed E-state index contributed by atoms with van der Waals surface area (Å²) < 4.78 is 55.1. The summed E-state index contributed by atoms with van der Waals surface area (Å²) in [5, 5.41) is 2.25. The normalized spacial score (nSPS) is 13.0. The maximum absolute atomic E-state index is 13.9. The Bertz CT molecular complexity index is 1080. The number of nitrogens with zero attached hydrogens (tertiary/aromatic N) is 1. The van der Waals surface area contributed by atoms with Crippen molar-refractivity contribution in [1.82, 2.24) is 0 Å². The van der Waals surface area contributed by atoms with Gasteiger partial charge in [-0.15, -0.1) is 11.3 Å². The third kappa shape index (κ3) is 3.13. The Kier molecular flexibility index (Phi) is 4.58. The first-order valence-electron chi connectivity index (χ1n) is 8.43. The van der Waals surface area contributed by atoms with Gasteiger partial charge >= 0.3 is 0 Å². The van der Waals surface area contributed by atoms with E-state index in [1.165, 1.54) is 6.07 Å². The van der Waals surface area contributed by atoms with Gasteiger partial charge in [-0.3, -0.25) is 4.79 Å². The minimum atomic E-state index is -0.979. The van der Waals surface area contributed by atoms with Crippen LogP contribution in [0.15, 0.2) is 36.4 Å². The number of carbonyl (C=O) groups is 1. The van der Waals surface area contributed by atoms with Gasteiger partial charge in [0, 0.05) is 35.8 Å². The van der Waals surface area contributed by atoms with E-state index < -0.39 is 34.9 Å². The van der Waals surface area contributed by atoms with Gasteiger partial charge in [-0.1, -0.05) is 6.07 Å². The van der Waals surface area contributed by atoms with Gasteiger partial charge in [-0.05, 0) is 36.2 Å². The average Bonchev–Trinajstić information content (AvgIpc) is 3.04. The van der Waals surface area contributed by atoms with Crippen LogP contribution >= 0.6 is 11.3 Å². The minimum Gasteiger partial charge on any atom is -0.374 e. The maximum Gasteiger partial charge on any atom is 0.265 e. The number of benzene rings is 2. The minimum absolute atomic E-state index is 0.230. The standard InChI is InChI=1S/C20H14F4N2OS/c1-26-6-5-10-7-17(20(27)25-18-12(21)3-2-4-13(18)22)28-19(10)11-8-14(23)15(24)9-16(11)26/h2-4,7-9H,5-6H2,1H3,(H,25,27). The van der Waals surface area contributed by atoms with Crippen molar-refractivity contribution >= 4 is 28.6 Å². The molecule has 0 atom stereocenters. The average molecular weight is 406 g/mol. The first-order valence-corrected chi connectivity index (χ1v) is 9.25. The molecule has 0 saturated heterocycles. The zero-order valence-corrected chi connectivity index (χ0v) is 15.5. The van der Waals surface area contributed by atoms with Crippen LogP contribution in [0.25, 0.3) is 10.4 Å². The van der Waals surface area contributed by atoms with Crippen molar-refractivity contribution in [3.63, 3.8) is 0 Å². The number of hydrogen-bond donors (Lipinski definition) is 1. The molecule has 0 radical (unpaired) electrons. The van der Waals surface area contributed by atoms with Crippen molar-refractivity contribution in [2.24, 2.45) is 0 Å². The Balaban J connectivity index is 1.74. The van der Waals surface area contributed by atoms with Crippen LogP contribution in [0.5, 0.6) is 0 Å². The van der Waals surface area contributed by atoms with Crippen molar-refractivity contribution in [2.75, 3.05) is 23.8 Å². The second kappa shape index (κ2) is 6.94. The van der Waals surface area contributed by atoms with Gasteiger partial charge in [-0.25, -0.2) is 17.6 Å². The van der Waals surface area contributed by atoms with E-state index in [-0.39, 0.29) is 4.88 Å². The summed E-state index contributed by atoms with van der Waals surface area (Å²) in [6, 6.07) is 7.17. The monoisotopic (exact) mass is 406 g/mol. The molecule has 0 saturated carbocycles. The van der Waals surface area contributed by atoms with Crippen molar-refractivity contribution in [2.45, 2.75) is 6.42 Å². The van der Waals surface area contributed by atoms with Gasteiger partial charge in [0.15, 0.2) is 11.6 Å². The predicted octanol–water partition coefficient (Wildman–Crippen LogP) is 5.22. The molecule has 8 heteroatoms. The van der Waals surface area contributed by atoms with Gasteiger partial charge in [0.25, 0.3) is 5.91 Å². The number of fused-ring (bicyclic) bond motifs is 3. The predicted molar refractivity (Wildman–Crippen MR) is 101 cm³/mol. The highest BCUT2D eigenvalue weighted by atomic mass is 32.1. The molecule has 0 bridgehead atoms. The number of likely N-dealkylation sites (N-methyl/N-ethyl adjacent to an activating group) is 1.